The highest BCUT2D eigenvalue weighted by atomic mass is 15.4. The number of aryl methyl sites for hydroxylation is 1. The van der Waals surface area contributed by atoms with Crippen LogP contribution in [0.5, 0.6) is 0 Å². The van der Waals surface area contributed by atoms with Gasteiger partial charge in [0.1, 0.15) is 5.82 Å². The summed E-state index contributed by atoms with van der Waals surface area (Å²) in [5.41, 5.74) is 0. The van der Waals surface area contributed by atoms with E-state index in [2.05, 4.69) is 20.1 Å². The molecule has 0 atom stereocenters. The van der Waals surface area contributed by atoms with E-state index < -0.39 is 0 Å². The fraction of sp³-hybridized carbons (Fsp3) is 0.667. The summed E-state index contributed by atoms with van der Waals surface area (Å²) < 4.78 is 2.12. The Labute approximate surface area is 59.3 Å². The van der Waals surface area contributed by atoms with Gasteiger partial charge < -0.3 is 5.32 Å². The van der Waals surface area contributed by atoms with Gasteiger partial charge in [-0.3, -0.25) is 4.57 Å². The highest BCUT2D eigenvalue weighted by Gasteiger charge is 2.15. The summed E-state index contributed by atoms with van der Waals surface area (Å²) in [4.78, 5) is 0. The van der Waals surface area contributed by atoms with Gasteiger partial charge in [0.2, 0.25) is 5.95 Å². The van der Waals surface area contributed by atoms with Gasteiger partial charge in [-0.15, -0.1) is 10.2 Å². The maximum absolute atomic E-state index is 4.02. The first-order chi connectivity index (χ1) is 4.92. The van der Waals surface area contributed by atoms with Crippen molar-refractivity contribution in [3.8, 4) is 0 Å². The molecule has 0 radical (unpaired) electrons. The topological polar surface area (TPSA) is 42.7 Å². The van der Waals surface area contributed by atoms with Crippen molar-refractivity contribution in [2.24, 2.45) is 0 Å². The molecule has 0 saturated carbocycles. The third-order valence-corrected chi connectivity index (χ3v) is 1.83. The van der Waals surface area contributed by atoms with Crippen LogP contribution in [0, 0.1) is 0 Å². The molecule has 0 aromatic carbocycles. The molecule has 2 rings (SSSR count). The summed E-state index contributed by atoms with van der Waals surface area (Å²) in [5.74, 6) is 2.01. The molecule has 4 heteroatoms. The minimum Gasteiger partial charge on any atom is -0.357 e. The van der Waals surface area contributed by atoms with Crippen molar-refractivity contribution in [2.45, 2.75) is 19.4 Å². The number of fused-ring (bicyclic) bond motifs is 1. The van der Waals surface area contributed by atoms with E-state index in [4.69, 9.17) is 0 Å². The molecule has 54 valence electrons. The molecular weight excluding hydrogens is 128 g/mol. The lowest BCUT2D eigenvalue weighted by Crippen LogP contribution is -2.00. The van der Waals surface area contributed by atoms with Crippen LogP contribution < -0.4 is 5.32 Å². The minimum absolute atomic E-state index is 0.896. The Morgan fingerprint density at radius 3 is 3.20 bits per heavy atom. The number of nitrogens with zero attached hydrogens (tertiary/aromatic N) is 3. The largest absolute Gasteiger partial charge is 0.357 e. The number of hydrogen-bond donors (Lipinski definition) is 1. The lowest BCUT2D eigenvalue weighted by molar-refractivity contribution is 0.748. The first-order valence-electron chi connectivity index (χ1n) is 3.51. The molecular formula is C6H10N4. The average Bonchev–Trinajstić information content (AvgIpc) is 2.44. The monoisotopic (exact) mass is 138 g/mol. The maximum atomic E-state index is 4.02. The molecule has 0 spiro atoms. The van der Waals surface area contributed by atoms with Crippen molar-refractivity contribution in [3.05, 3.63) is 5.82 Å². The summed E-state index contributed by atoms with van der Waals surface area (Å²) in [5, 5.41) is 11.0. The Hall–Kier alpha value is -1.06. The number of rotatable bonds is 1. The second-order valence-corrected chi connectivity index (χ2v) is 2.45. The molecule has 1 N–H and O–H groups in total. The molecule has 0 aliphatic carbocycles. The fourth-order valence-electron chi connectivity index (χ4n) is 1.34. The second kappa shape index (κ2) is 1.97. The minimum atomic E-state index is 0.896. The zero-order valence-corrected chi connectivity index (χ0v) is 5.96. The average molecular weight is 138 g/mol. The SMILES string of the molecule is CNc1nnc2n1CCC2. The van der Waals surface area contributed by atoms with E-state index in [9.17, 15) is 0 Å². The zero-order valence-electron chi connectivity index (χ0n) is 5.96. The summed E-state index contributed by atoms with van der Waals surface area (Å²) in [6.07, 6.45) is 2.29. The predicted octanol–water partition coefficient (Wildman–Crippen LogP) is 0.266. The molecule has 0 fully saturated rings. The van der Waals surface area contributed by atoms with E-state index >= 15 is 0 Å². The predicted molar refractivity (Wildman–Crippen MR) is 37.9 cm³/mol. The number of anilines is 1. The molecule has 0 bridgehead atoms. The van der Waals surface area contributed by atoms with Crippen LogP contribution in [0.2, 0.25) is 0 Å². The Morgan fingerprint density at radius 1 is 1.50 bits per heavy atom. The Balaban J connectivity index is 2.44. The zero-order chi connectivity index (χ0) is 6.97. The van der Waals surface area contributed by atoms with Gasteiger partial charge in [0.25, 0.3) is 0 Å². The van der Waals surface area contributed by atoms with Crippen molar-refractivity contribution in [2.75, 3.05) is 12.4 Å². The first kappa shape index (κ1) is 5.70. The van der Waals surface area contributed by atoms with Gasteiger partial charge >= 0.3 is 0 Å². The van der Waals surface area contributed by atoms with E-state index in [1.807, 2.05) is 7.05 Å². The molecule has 0 amide bonds. The van der Waals surface area contributed by atoms with Crippen molar-refractivity contribution < 1.29 is 0 Å². The summed E-state index contributed by atoms with van der Waals surface area (Å²) in [7, 11) is 1.87. The summed E-state index contributed by atoms with van der Waals surface area (Å²) in [6.45, 7) is 1.07. The Kier molecular flexibility index (Phi) is 1.12. The maximum Gasteiger partial charge on any atom is 0.224 e. The van der Waals surface area contributed by atoms with E-state index in [0.29, 0.717) is 0 Å². The lowest BCUT2D eigenvalue weighted by Gasteiger charge is -1.98. The van der Waals surface area contributed by atoms with Crippen LogP contribution in [0.3, 0.4) is 0 Å². The number of hydrogen-bond acceptors (Lipinski definition) is 3. The van der Waals surface area contributed by atoms with Crippen LogP contribution >= 0.6 is 0 Å². The molecule has 1 aromatic heterocycles. The van der Waals surface area contributed by atoms with Gasteiger partial charge in [-0.05, 0) is 6.42 Å². The molecule has 1 aliphatic heterocycles. The van der Waals surface area contributed by atoms with Crippen LogP contribution in [0.15, 0.2) is 0 Å². The summed E-state index contributed by atoms with van der Waals surface area (Å²) in [6, 6.07) is 0. The third-order valence-electron chi connectivity index (χ3n) is 1.83. The van der Waals surface area contributed by atoms with E-state index in [0.717, 1.165) is 24.7 Å². The Bertz CT molecular complexity index is 240. The van der Waals surface area contributed by atoms with Crippen molar-refractivity contribution in [1.29, 1.82) is 0 Å². The van der Waals surface area contributed by atoms with E-state index in [1.165, 1.54) is 6.42 Å². The van der Waals surface area contributed by atoms with Gasteiger partial charge in [0.15, 0.2) is 0 Å². The van der Waals surface area contributed by atoms with Gasteiger partial charge in [-0.25, -0.2) is 0 Å². The standard InChI is InChI=1S/C6H10N4/c1-7-6-9-8-5-3-2-4-10(5)6/h2-4H2,1H3,(H,7,9). The van der Waals surface area contributed by atoms with Crippen molar-refractivity contribution in [3.63, 3.8) is 0 Å². The molecule has 0 unspecified atom stereocenters. The molecule has 1 aromatic rings. The van der Waals surface area contributed by atoms with Crippen LogP contribution in [-0.2, 0) is 13.0 Å². The second-order valence-electron chi connectivity index (χ2n) is 2.45. The van der Waals surface area contributed by atoms with Gasteiger partial charge in [-0.1, -0.05) is 0 Å². The molecule has 2 heterocycles. The first-order valence-corrected chi connectivity index (χ1v) is 3.51. The van der Waals surface area contributed by atoms with Crippen LogP contribution in [0.25, 0.3) is 0 Å². The number of aromatic nitrogens is 3. The normalized spacial score (nSPS) is 15.3. The van der Waals surface area contributed by atoms with Crippen molar-refractivity contribution in [1.82, 2.24) is 14.8 Å². The Morgan fingerprint density at radius 2 is 2.40 bits per heavy atom. The summed E-state index contributed by atoms with van der Waals surface area (Å²) >= 11 is 0. The molecule has 4 nitrogen and oxygen atoms in total. The van der Waals surface area contributed by atoms with Gasteiger partial charge in [0, 0.05) is 20.0 Å². The molecule has 10 heavy (non-hydrogen) atoms. The van der Waals surface area contributed by atoms with Crippen LogP contribution in [-0.4, -0.2) is 21.8 Å². The highest BCUT2D eigenvalue weighted by Crippen LogP contribution is 2.16. The van der Waals surface area contributed by atoms with E-state index in [1.54, 1.807) is 0 Å². The number of nitrogens with one attached hydrogen (secondary N) is 1. The van der Waals surface area contributed by atoms with Gasteiger partial charge in [0.05, 0.1) is 0 Å². The van der Waals surface area contributed by atoms with E-state index in [-0.39, 0.29) is 0 Å². The third kappa shape index (κ3) is 0.616. The smallest absolute Gasteiger partial charge is 0.224 e. The molecule has 0 saturated heterocycles. The lowest BCUT2D eigenvalue weighted by atomic mass is 10.4. The molecule has 1 aliphatic rings. The fourth-order valence-corrected chi connectivity index (χ4v) is 1.34. The van der Waals surface area contributed by atoms with Crippen LogP contribution in [0.1, 0.15) is 12.2 Å². The van der Waals surface area contributed by atoms with Crippen molar-refractivity contribution >= 4 is 5.95 Å². The quantitative estimate of drug-likeness (QED) is 0.605. The highest BCUT2D eigenvalue weighted by molar-refractivity contribution is 5.25. The van der Waals surface area contributed by atoms with Crippen LogP contribution in [0.4, 0.5) is 5.95 Å². The van der Waals surface area contributed by atoms with Gasteiger partial charge in [-0.2, -0.15) is 0 Å².